The minimum absolute atomic E-state index is 0.127. The fraction of sp³-hybridized carbons (Fsp3) is 0.600. The molecule has 1 aromatic rings. The van der Waals surface area contributed by atoms with Crippen molar-refractivity contribution in [3.8, 4) is 0 Å². The molecule has 0 aromatic carbocycles. The number of aromatic nitrogens is 2. The lowest BCUT2D eigenvalue weighted by Crippen LogP contribution is -2.44. The van der Waals surface area contributed by atoms with Crippen LogP contribution in [0, 0.1) is 5.82 Å². The number of nitrogens with one attached hydrogen (secondary N) is 1. The lowest BCUT2D eigenvalue weighted by molar-refractivity contribution is -0.141. The van der Waals surface area contributed by atoms with E-state index in [4.69, 9.17) is 4.74 Å². The van der Waals surface area contributed by atoms with Crippen molar-refractivity contribution in [1.29, 1.82) is 0 Å². The van der Waals surface area contributed by atoms with Gasteiger partial charge in [-0.05, 0) is 6.92 Å². The van der Waals surface area contributed by atoms with E-state index in [1.54, 1.807) is 0 Å². The maximum absolute atomic E-state index is 13.9. The van der Waals surface area contributed by atoms with Gasteiger partial charge in [0.1, 0.15) is 6.10 Å². The highest BCUT2D eigenvalue weighted by molar-refractivity contribution is 5.00. The molecule has 0 amide bonds. The summed E-state index contributed by atoms with van der Waals surface area (Å²) in [6, 6.07) is 0. The summed E-state index contributed by atoms with van der Waals surface area (Å²) >= 11 is 0. The van der Waals surface area contributed by atoms with Crippen LogP contribution in [-0.4, -0.2) is 44.0 Å². The zero-order chi connectivity index (χ0) is 15.2. The summed E-state index contributed by atoms with van der Waals surface area (Å²) in [7, 11) is 0. The van der Waals surface area contributed by atoms with Gasteiger partial charge in [0, 0.05) is 0 Å². The molecule has 1 aliphatic heterocycles. The highest BCUT2D eigenvalue weighted by atomic mass is 19.3. The first-order valence-corrected chi connectivity index (χ1v) is 5.56. The number of nitrogens with zero attached hydrogens (tertiary/aromatic N) is 1. The van der Waals surface area contributed by atoms with Crippen molar-refractivity contribution in [2.45, 2.75) is 37.4 Å². The summed E-state index contributed by atoms with van der Waals surface area (Å²) in [6.45, 7) is 1.11. The van der Waals surface area contributed by atoms with Crippen molar-refractivity contribution >= 4 is 0 Å². The summed E-state index contributed by atoms with van der Waals surface area (Å²) in [5.74, 6) is -5.41. The van der Waals surface area contributed by atoms with E-state index in [2.05, 4.69) is 0 Å². The fourth-order valence-corrected chi connectivity index (χ4v) is 1.94. The van der Waals surface area contributed by atoms with Gasteiger partial charge in [0.25, 0.3) is 5.56 Å². The van der Waals surface area contributed by atoms with Gasteiger partial charge in [0.05, 0.1) is 12.3 Å². The van der Waals surface area contributed by atoms with Crippen molar-refractivity contribution in [2.24, 2.45) is 0 Å². The molecule has 2 heterocycles. The lowest BCUT2D eigenvalue weighted by atomic mass is 10.1. The van der Waals surface area contributed by atoms with Crippen LogP contribution in [0.2, 0.25) is 0 Å². The summed E-state index contributed by atoms with van der Waals surface area (Å²) in [5, 5.41) is 18.7. The normalized spacial score (nSPS) is 30.4. The van der Waals surface area contributed by atoms with E-state index in [0.717, 1.165) is 6.92 Å². The second-order valence-electron chi connectivity index (χ2n) is 4.46. The summed E-state index contributed by atoms with van der Waals surface area (Å²) in [4.78, 5) is 23.8. The molecule has 2 rings (SSSR count). The number of halogens is 3. The Kier molecular flexibility index (Phi) is 3.48. The first-order valence-electron chi connectivity index (χ1n) is 5.56. The van der Waals surface area contributed by atoms with Crippen molar-refractivity contribution in [2.75, 3.05) is 0 Å². The van der Waals surface area contributed by atoms with Crippen LogP contribution in [0.1, 0.15) is 13.2 Å². The van der Waals surface area contributed by atoms with Gasteiger partial charge in [-0.15, -0.1) is 0 Å². The van der Waals surface area contributed by atoms with E-state index in [-0.39, 0.29) is 10.8 Å². The lowest BCUT2D eigenvalue weighted by Gasteiger charge is -2.20. The Morgan fingerprint density at radius 3 is 2.60 bits per heavy atom. The van der Waals surface area contributed by atoms with E-state index in [1.807, 2.05) is 0 Å². The number of hydrogen-bond donors (Lipinski definition) is 3. The van der Waals surface area contributed by atoms with Gasteiger partial charge < -0.3 is 14.9 Å². The summed E-state index contributed by atoms with van der Waals surface area (Å²) in [5.41, 5.74) is -2.68. The van der Waals surface area contributed by atoms with Crippen LogP contribution in [0.25, 0.3) is 0 Å². The number of aliphatic hydroxyl groups excluding tert-OH is 2. The number of ether oxygens (including phenoxy) is 1. The van der Waals surface area contributed by atoms with Gasteiger partial charge >= 0.3 is 11.6 Å². The number of rotatable bonds is 2. The molecule has 4 atom stereocenters. The SMILES string of the molecule is C[C@H](O)[C@H]1O[C@@H](n2cc(F)c(=O)[nH]c2=O)C(F)(F)[C@@H]1O. The molecular weight excluding hydrogens is 285 g/mol. The first-order chi connectivity index (χ1) is 9.16. The third kappa shape index (κ3) is 2.15. The third-order valence-electron chi connectivity index (χ3n) is 2.97. The van der Waals surface area contributed by atoms with Gasteiger partial charge in [-0.3, -0.25) is 14.3 Å². The average molecular weight is 296 g/mol. The fourth-order valence-electron chi connectivity index (χ4n) is 1.94. The maximum atomic E-state index is 13.9. The third-order valence-corrected chi connectivity index (χ3v) is 2.97. The largest absolute Gasteiger partial charge is 0.391 e. The molecule has 1 saturated heterocycles. The second-order valence-corrected chi connectivity index (χ2v) is 4.46. The second kappa shape index (κ2) is 4.72. The Morgan fingerprint density at radius 2 is 2.10 bits per heavy atom. The summed E-state index contributed by atoms with van der Waals surface area (Å²) < 4.78 is 45.7. The molecule has 1 aliphatic rings. The van der Waals surface area contributed by atoms with Crippen molar-refractivity contribution in [1.82, 2.24) is 9.55 Å². The number of aromatic amines is 1. The van der Waals surface area contributed by atoms with Gasteiger partial charge in [0.15, 0.2) is 6.10 Å². The summed E-state index contributed by atoms with van der Waals surface area (Å²) in [6.07, 6.45) is -7.55. The first kappa shape index (κ1) is 14.8. The minimum Gasteiger partial charge on any atom is -0.391 e. The molecular formula is C10H11F3N2O5. The van der Waals surface area contributed by atoms with Crippen LogP contribution in [0.4, 0.5) is 13.2 Å². The minimum atomic E-state index is -3.95. The van der Waals surface area contributed by atoms with Crippen molar-refractivity contribution < 1.29 is 28.1 Å². The van der Waals surface area contributed by atoms with Crippen LogP contribution in [0.5, 0.6) is 0 Å². The van der Waals surface area contributed by atoms with Crippen LogP contribution in [0.15, 0.2) is 15.8 Å². The molecule has 0 saturated carbocycles. The van der Waals surface area contributed by atoms with Gasteiger partial charge in [-0.25, -0.2) is 4.79 Å². The zero-order valence-corrected chi connectivity index (χ0v) is 10.1. The Hall–Kier alpha value is -1.65. The van der Waals surface area contributed by atoms with Crippen LogP contribution in [0.3, 0.4) is 0 Å². The average Bonchev–Trinajstić information content (AvgIpc) is 2.56. The molecule has 20 heavy (non-hydrogen) atoms. The predicted octanol–water partition coefficient (Wildman–Crippen LogP) is -1.05. The Morgan fingerprint density at radius 1 is 1.50 bits per heavy atom. The van der Waals surface area contributed by atoms with E-state index in [0.29, 0.717) is 0 Å². The molecule has 0 spiro atoms. The molecule has 7 nitrogen and oxygen atoms in total. The Balaban J connectivity index is 2.51. The highest BCUT2D eigenvalue weighted by Crippen LogP contribution is 2.42. The van der Waals surface area contributed by atoms with Crippen LogP contribution < -0.4 is 11.2 Å². The zero-order valence-electron chi connectivity index (χ0n) is 10.1. The number of aliphatic hydroxyl groups is 2. The molecule has 1 aromatic heterocycles. The number of alkyl halides is 2. The Labute approximate surface area is 109 Å². The molecule has 0 unspecified atom stereocenters. The number of hydrogen-bond acceptors (Lipinski definition) is 5. The topological polar surface area (TPSA) is 105 Å². The molecule has 10 heteroatoms. The van der Waals surface area contributed by atoms with E-state index >= 15 is 0 Å². The predicted molar refractivity (Wildman–Crippen MR) is 57.8 cm³/mol. The van der Waals surface area contributed by atoms with E-state index in [9.17, 15) is 33.0 Å². The molecule has 0 radical (unpaired) electrons. The van der Waals surface area contributed by atoms with E-state index in [1.165, 1.54) is 4.98 Å². The Bertz CT molecular complexity index is 626. The monoisotopic (exact) mass is 296 g/mol. The van der Waals surface area contributed by atoms with E-state index < -0.39 is 47.5 Å². The highest BCUT2D eigenvalue weighted by Gasteiger charge is 2.60. The standard InChI is InChI=1S/C10H11F3N2O5/c1-3(16)5-6(17)10(12,13)8(20-5)15-2-4(11)7(18)14-9(15)19/h2-3,5-6,8,16-17H,1H3,(H,14,18,19)/t3-,5+,6+,8+/m0/s1. The van der Waals surface area contributed by atoms with Gasteiger partial charge in [0.2, 0.25) is 12.0 Å². The van der Waals surface area contributed by atoms with Gasteiger partial charge in [-0.1, -0.05) is 0 Å². The smallest absolute Gasteiger partial charge is 0.330 e. The molecule has 0 bridgehead atoms. The van der Waals surface area contributed by atoms with Crippen LogP contribution >= 0.6 is 0 Å². The van der Waals surface area contributed by atoms with Crippen LogP contribution in [-0.2, 0) is 4.74 Å². The molecule has 0 aliphatic carbocycles. The van der Waals surface area contributed by atoms with Crippen molar-refractivity contribution in [3.05, 3.63) is 32.9 Å². The number of H-pyrrole nitrogens is 1. The molecule has 3 N–H and O–H groups in total. The molecule has 112 valence electrons. The maximum Gasteiger partial charge on any atom is 0.330 e. The van der Waals surface area contributed by atoms with Gasteiger partial charge in [-0.2, -0.15) is 13.2 Å². The quantitative estimate of drug-likeness (QED) is 0.646. The molecule has 1 fully saturated rings. The van der Waals surface area contributed by atoms with Crippen molar-refractivity contribution in [3.63, 3.8) is 0 Å².